The number of carbonyl (C=O) groups excluding carboxylic acids is 2. The van der Waals surface area contributed by atoms with Crippen LogP contribution in [0, 0.1) is 5.92 Å². The molecule has 9 heteroatoms. The fourth-order valence-corrected chi connectivity index (χ4v) is 2.67. The Morgan fingerprint density at radius 3 is 2.37 bits per heavy atom. The van der Waals surface area contributed by atoms with Gasteiger partial charge in [0.15, 0.2) is 17.3 Å². The number of ketones is 2. The van der Waals surface area contributed by atoms with E-state index in [0.29, 0.717) is 6.42 Å². The van der Waals surface area contributed by atoms with E-state index in [1.165, 1.54) is 18.2 Å². The van der Waals surface area contributed by atoms with E-state index in [-0.39, 0.29) is 24.2 Å². The van der Waals surface area contributed by atoms with Gasteiger partial charge in [-0.15, -0.1) is 0 Å². The highest BCUT2D eigenvalue weighted by molar-refractivity contribution is 5.99. The van der Waals surface area contributed by atoms with Gasteiger partial charge < -0.3 is 9.47 Å². The van der Waals surface area contributed by atoms with Crippen LogP contribution in [0.2, 0.25) is 0 Å². The first-order valence-corrected chi connectivity index (χ1v) is 7.96. The first kappa shape index (κ1) is 19.1. The van der Waals surface area contributed by atoms with Gasteiger partial charge in [-0.3, -0.25) is 9.59 Å². The van der Waals surface area contributed by atoms with Gasteiger partial charge in [-0.25, -0.2) is 4.39 Å². The zero-order valence-corrected chi connectivity index (χ0v) is 13.7. The molecule has 2 aliphatic rings. The lowest BCUT2D eigenvalue weighted by atomic mass is 9.92. The second-order valence-corrected chi connectivity index (χ2v) is 6.08. The minimum absolute atomic E-state index is 0.101. The predicted octanol–water partition coefficient (Wildman–Crippen LogP) is 4.60. The number of Topliss-reactive ketones (excluding diaryl/α,β-unsaturated/α-hetero) is 2. The summed E-state index contributed by atoms with van der Waals surface area (Å²) in [6.45, 7) is 0. The third kappa shape index (κ3) is 3.86. The normalized spacial score (nSPS) is 22.1. The van der Waals surface area contributed by atoms with Crippen molar-refractivity contribution in [3.05, 3.63) is 47.8 Å². The van der Waals surface area contributed by atoms with Gasteiger partial charge >= 0.3 is 12.2 Å². The van der Waals surface area contributed by atoms with E-state index in [1.807, 2.05) is 0 Å². The zero-order valence-electron chi connectivity index (χ0n) is 13.7. The van der Waals surface area contributed by atoms with Crippen LogP contribution in [0.1, 0.15) is 29.6 Å². The zero-order chi connectivity index (χ0) is 19.8. The molecule has 0 N–H and O–H groups in total. The molecular formula is C18H13F5O4. The Kier molecular flexibility index (Phi) is 4.79. The minimum atomic E-state index is -4.89. The smallest absolute Gasteiger partial charge is 0.421 e. The number of carbonyl (C=O) groups is 2. The fraction of sp³-hybridized carbons (Fsp3) is 0.333. The summed E-state index contributed by atoms with van der Waals surface area (Å²) in [5.74, 6) is -3.45. The van der Waals surface area contributed by atoms with Crippen molar-refractivity contribution in [1.82, 2.24) is 0 Å². The molecular weight excluding hydrogens is 375 g/mol. The first-order valence-electron chi connectivity index (χ1n) is 7.96. The third-order valence-electron chi connectivity index (χ3n) is 4.12. The number of halogens is 5. The Bertz CT molecular complexity index is 844. The summed E-state index contributed by atoms with van der Waals surface area (Å²) in [5.41, 5.74) is -0.101. The van der Waals surface area contributed by atoms with Crippen molar-refractivity contribution in [2.75, 3.05) is 0 Å². The molecule has 0 spiro atoms. The number of alkyl halides is 4. The molecule has 1 heterocycles. The van der Waals surface area contributed by atoms with Crippen LogP contribution in [-0.2, 0) is 4.79 Å². The molecule has 1 aromatic carbocycles. The maximum absolute atomic E-state index is 13.2. The van der Waals surface area contributed by atoms with Crippen LogP contribution in [0.4, 0.5) is 22.0 Å². The summed E-state index contributed by atoms with van der Waals surface area (Å²) in [5, 5.41) is 0. The molecule has 1 atom stereocenters. The number of hydrogen-bond acceptors (Lipinski definition) is 4. The van der Waals surface area contributed by atoms with Gasteiger partial charge in [0.2, 0.25) is 0 Å². The predicted molar refractivity (Wildman–Crippen MR) is 82.6 cm³/mol. The van der Waals surface area contributed by atoms with E-state index in [9.17, 15) is 31.5 Å². The van der Waals surface area contributed by atoms with Crippen molar-refractivity contribution >= 4 is 11.6 Å². The standard InChI is InChI=1S/C18H13F5O4/c19-12-3-1-2-10(8-12)13(24)5-6-14(25)11-4-7-15-16(9-11)27-18(22,23)17(20,21)26-15/h1,3-4,7-10H,2,5-6H2. The van der Waals surface area contributed by atoms with E-state index in [1.54, 1.807) is 0 Å². The lowest BCUT2D eigenvalue weighted by Gasteiger charge is -2.31. The summed E-state index contributed by atoms with van der Waals surface area (Å²) in [4.78, 5) is 24.2. The molecule has 0 bridgehead atoms. The highest BCUT2D eigenvalue weighted by atomic mass is 19.3. The lowest BCUT2D eigenvalue weighted by Crippen LogP contribution is -2.52. The molecule has 0 saturated carbocycles. The number of ether oxygens (including phenoxy) is 2. The fourth-order valence-electron chi connectivity index (χ4n) is 2.67. The summed E-state index contributed by atoms with van der Waals surface area (Å²) in [6.07, 6.45) is -5.91. The summed E-state index contributed by atoms with van der Waals surface area (Å²) >= 11 is 0. The van der Waals surface area contributed by atoms with E-state index in [2.05, 4.69) is 9.47 Å². The largest absolute Gasteiger partial charge is 0.507 e. The van der Waals surface area contributed by atoms with Crippen LogP contribution < -0.4 is 9.47 Å². The first-order chi connectivity index (χ1) is 12.6. The molecule has 3 rings (SSSR count). The van der Waals surface area contributed by atoms with Gasteiger partial charge in [-0.2, -0.15) is 17.6 Å². The average molecular weight is 388 g/mol. The van der Waals surface area contributed by atoms with Crippen molar-refractivity contribution in [2.24, 2.45) is 5.92 Å². The van der Waals surface area contributed by atoms with Crippen LogP contribution in [0.15, 0.2) is 42.3 Å². The topological polar surface area (TPSA) is 52.6 Å². The second-order valence-electron chi connectivity index (χ2n) is 6.08. The van der Waals surface area contributed by atoms with Crippen LogP contribution in [0.25, 0.3) is 0 Å². The third-order valence-corrected chi connectivity index (χ3v) is 4.12. The number of benzene rings is 1. The highest BCUT2D eigenvalue weighted by Gasteiger charge is 2.65. The monoisotopic (exact) mass is 388 g/mol. The molecule has 1 aliphatic carbocycles. The Labute approximate surface area is 150 Å². The summed E-state index contributed by atoms with van der Waals surface area (Å²) in [7, 11) is 0. The van der Waals surface area contributed by atoms with Crippen molar-refractivity contribution < 1.29 is 41.0 Å². The molecule has 0 saturated heterocycles. The average Bonchev–Trinajstić information content (AvgIpc) is 2.59. The number of fused-ring (bicyclic) bond motifs is 1. The van der Waals surface area contributed by atoms with E-state index < -0.39 is 41.2 Å². The number of hydrogen-bond donors (Lipinski definition) is 0. The van der Waals surface area contributed by atoms with Gasteiger partial charge in [-0.1, -0.05) is 6.08 Å². The Morgan fingerprint density at radius 1 is 1.04 bits per heavy atom. The second kappa shape index (κ2) is 6.79. The Balaban J connectivity index is 1.67. The molecule has 1 unspecified atom stereocenters. The van der Waals surface area contributed by atoms with Crippen molar-refractivity contribution in [3.8, 4) is 11.5 Å². The van der Waals surface area contributed by atoms with Crippen molar-refractivity contribution in [3.63, 3.8) is 0 Å². The maximum atomic E-state index is 13.2. The van der Waals surface area contributed by atoms with E-state index >= 15 is 0 Å². The molecule has 0 radical (unpaired) electrons. The summed E-state index contributed by atoms with van der Waals surface area (Å²) in [6, 6.07) is 2.88. The van der Waals surface area contributed by atoms with E-state index in [0.717, 1.165) is 18.2 Å². The van der Waals surface area contributed by atoms with Gasteiger partial charge in [0.25, 0.3) is 0 Å². The maximum Gasteiger partial charge on any atom is 0.507 e. The van der Waals surface area contributed by atoms with Crippen molar-refractivity contribution in [1.29, 1.82) is 0 Å². The van der Waals surface area contributed by atoms with E-state index in [4.69, 9.17) is 0 Å². The number of allylic oxidation sites excluding steroid dienone is 4. The molecule has 1 aliphatic heterocycles. The summed E-state index contributed by atoms with van der Waals surface area (Å²) < 4.78 is 73.7. The molecule has 1 aromatic rings. The SMILES string of the molecule is O=C(CCC(=O)C1C=C(F)C=CC1)c1ccc2c(c1)OC(F)(F)C(F)(F)O2. The van der Waals surface area contributed by atoms with Crippen LogP contribution in [0.5, 0.6) is 11.5 Å². The molecule has 0 aromatic heterocycles. The van der Waals surface area contributed by atoms with Crippen LogP contribution >= 0.6 is 0 Å². The lowest BCUT2D eigenvalue weighted by molar-refractivity contribution is -0.391. The molecule has 4 nitrogen and oxygen atoms in total. The molecule has 0 fully saturated rings. The minimum Gasteiger partial charge on any atom is -0.421 e. The highest BCUT2D eigenvalue weighted by Crippen LogP contribution is 2.47. The van der Waals surface area contributed by atoms with Crippen LogP contribution in [-0.4, -0.2) is 23.8 Å². The van der Waals surface area contributed by atoms with Gasteiger partial charge in [0.1, 0.15) is 11.6 Å². The van der Waals surface area contributed by atoms with Gasteiger partial charge in [-0.05, 0) is 36.8 Å². The Morgan fingerprint density at radius 2 is 1.70 bits per heavy atom. The van der Waals surface area contributed by atoms with Crippen LogP contribution in [0.3, 0.4) is 0 Å². The molecule has 27 heavy (non-hydrogen) atoms. The van der Waals surface area contributed by atoms with Gasteiger partial charge in [0.05, 0.1) is 0 Å². The Hall–Kier alpha value is -2.71. The quantitative estimate of drug-likeness (QED) is 0.546. The van der Waals surface area contributed by atoms with Crippen molar-refractivity contribution in [2.45, 2.75) is 31.5 Å². The number of rotatable bonds is 5. The molecule has 144 valence electrons. The van der Waals surface area contributed by atoms with Gasteiger partial charge in [0, 0.05) is 24.3 Å². The molecule has 0 amide bonds.